The molecule has 4 nitrogen and oxygen atoms in total. The highest BCUT2D eigenvalue weighted by atomic mass is 16.2. The molecule has 1 amide bonds. The third-order valence-electron chi connectivity index (χ3n) is 3.59. The Kier molecular flexibility index (Phi) is 3.82. The number of amides is 1. The predicted octanol–water partition coefficient (Wildman–Crippen LogP) is 0.291. The van der Waals surface area contributed by atoms with Crippen molar-refractivity contribution in [3.05, 3.63) is 0 Å². The number of nitrogens with one attached hydrogen (secondary N) is 1. The number of carbonyl (C=O) groups excluding carboxylic acids is 1. The van der Waals surface area contributed by atoms with Crippen LogP contribution in [0.15, 0.2) is 0 Å². The lowest BCUT2D eigenvalue weighted by molar-refractivity contribution is -0.134. The minimum Gasteiger partial charge on any atom is -0.337 e. The highest BCUT2D eigenvalue weighted by molar-refractivity contribution is 5.82. The second kappa shape index (κ2) is 5.15. The van der Waals surface area contributed by atoms with Crippen LogP contribution in [-0.4, -0.2) is 61.5 Å². The molecule has 92 valence electrons. The summed E-state index contributed by atoms with van der Waals surface area (Å²) in [6.45, 7) is 2.95. The van der Waals surface area contributed by atoms with Crippen molar-refractivity contribution < 1.29 is 4.79 Å². The number of hydrogen-bond donors (Lipinski definition) is 1. The van der Waals surface area contributed by atoms with E-state index in [2.05, 4.69) is 29.2 Å². The van der Waals surface area contributed by atoms with Crippen LogP contribution in [0.25, 0.3) is 0 Å². The third kappa shape index (κ3) is 2.55. The van der Waals surface area contributed by atoms with Crippen molar-refractivity contribution in [1.29, 1.82) is 0 Å². The zero-order chi connectivity index (χ0) is 11.5. The van der Waals surface area contributed by atoms with Crippen molar-refractivity contribution in [3.8, 4) is 0 Å². The van der Waals surface area contributed by atoms with Gasteiger partial charge in [-0.15, -0.1) is 0 Å². The summed E-state index contributed by atoms with van der Waals surface area (Å²) in [4.78, 5) is 16.6. The first-order chi connectivity index (χ1) is 7.68. The highest BCUT2D eigenvalue weighted by Gasteiger charge is 2.34. The van der Waals surface area contributed by atoms with Crippen molar-refractivity contribution in [1.82, 2.24) is 15.1 Å². The number of rotatable bonds is 3. The lowest BCUT2D eigenvalue weighted by atomic mass is 10.1. The van der Waals surface area contributed by atoms with Crippen LogP contribution < -0.4 is 5.32 Å². The zero-order valence-electron chi connectivity index (χ0n) is 10.4. The molecule has 0 saturated carbocycles. The maximum atomic E-state index is 12.3. The van der Waals surface area contributed by atoms with Gasteiger partial charge in [0.05, 0.1) is 6.04 Å². The van der Waals surface area contributed by atoms with Gasteiger partial charge in [0.25, 0.3) is 0 Å². The number of likely N-dealkylation sites (N-methyl/N-ethyl adjacent to an activating group) is 1. The predicted molar refractivity (Wildman–Crippen MR) is 64.3 cm³/mol. The van der Waals surface area contributed by atoms with Crippen LogP contribution in [0.3, 0.4) is 0 Å². The molecule has 2 fully saturated rings. The van der Waals surface area contributed by atoms with Crippen LogP contribution in [-0.2, 0) is 4.79 Å². The van der Waals surface area contributed by atoms with E-state index in [1.165, 1.54) is 0 Å². The van der Waals surface area contributed by atoms with Crippen molar-refractivity contribution in [3.63, 3.8) is 0 Å². The molecule has 0 aliphatic carbocycles. The Hall–Kier alpha value is -0.610. The van der Waals surface area contributed by atoms with E-state index in [0.29, 0.717) is 11.9 Å². The molecule has 2 atom stereocenters. The summed E-state index contributed by atoms with van der Waals surface area (Å²) in [5.74, 6) is 0.335. The van der Waals surface area contributed by atoms with Gasteiger partial charge in [-0.3, -0.25) is 4.79 Å². The number of likely N-dealkylation sites (tertiary alicyclic amines) is 1. The topological polar surface area (TPSA) is 35.6 Å². The van der Waals surface area contributed by atoms with E-state index >= 15 is 0 Å². The smallest absolute Gasteiger partial charge is 0.239 e. The fourth-order valence-corrected chi connectivity index (χ4v) is 2.83. The van der Waals surface area contributed by atoms with Gasteiger partial charge in [-0.1, -0.05) is 0 Å². The molecular weight excluding hydrogens is 202 g/mol. The average molecular weight is 225 g/mol. The van der Waals surface area contributed by atoms with Gasteiger partial charge in [-0.05, 0) is 46.3 Å². The maximum absolute atomic E-state index is 12.3. The van der Waals surface area contributed by atoms with Crippen LogP contribution in [0.5, 0.6) is 0 Å². The van der Waals surface area contributed by atoms with E-state index in [4.69, 9.17) is 0 Å². The summed E-state index contributed by atoms with van der Waals surface area (Å²) < 4.78 is 0. The normalized spacial score (nSPS) is 30.3. The summed E-state index contributed by atoms with van der Waals surface area (Å²) in [6.07, 6.45) is 4.49. The summed E-state index contributed by atoms with van der Waals surface area (Å²) in [5, 5.41) is 3.30. The van der Waals surface area contributed by atoms with Gasteiger partial charge in [0.1, 0.15) is 0 Å². The van der Waals surface area contributed by atoms with Crippen LogP contribution in [0.2, 0.25) is 0 Å². The Morgan fingerprint density at radius 2 is 2.19 bits per heavy atom. The van der Waals surface area contributed by atoms with Gasteiger partial charge < -0.3 is 15.1 Å². The average Bonchev–Trinajstić information content (AvgIpc) is 2.84. The number of carbonyl (C=O) groups is 1. The SMILES string of the molecule is CN(C)CC1CCCN1C(=O)[C@H]1CCCN1. The molecule has 1 unspecified atom stereocenters. The van der Waals surface area contributed by atoms with Gasteiger partial charge in [0.15, 0.2) is 0 Å². The van der Waals surface area contributed by atoms with E-state index < -0.39 is 0 Å². The van der Waals surface area contributed by atoms with Crippen molar-refractivity contribution >= 4 is 5.91 Å². The molecule has 0 aromatic carbocycles. The Morgan fingerprint density at radius 1 is 1.38 bits per heavy atom. The Labute approximate surface area is 98.0 Å². The largest absolute Gasteiger partial charge is 0.337 e. The third-order valence-corrected chi connectivity index (χ3v) is 3.59. The Balaban J connectivity index is 1.93. The van der Waals surface area contributed by atoms with E-state index in [1.807, 2.05) is 0 Å². The molecule has 4 heteroatoms. The van der Waals surface area contributed by atoms with Gasteiger partial charge in [0, 0.05) is 19.1 Å². The molecule has 2 aliphatic rings. The van der Waals surface area contributed by atoms with Crippen molar-refractivity contribution in [2.24, 2.45) is 0 Å². The van der Waals surface area contributed by atoms with Gasteiger partial charge in [-0.2, -0.15) is 0 Å². The first-order valence-corrected chi connectivity index (χ1v) is 6.37. The fourth-order valence-electron chi connectivity index (χ4n) is 2.83. The fraction of sp³-hybridized carbons (Fsp3) is 0.917. The van der Waals surface area contributed by atoms with Crippen molar-refractivity contribution in [2.75, 3.05) is 33.7 Å². The number of hydrogen-bond acceptors (Lipinski definition) is 3. The zero-order valence-corrected chi connectivity index (χ0v) is 10.4. The summed E-state index contributed by atoms with van der Waals surface area (Å²) in [7, 11) is 4.16. The second-order valence-corrected chi connectivity index (χ2v) is 5.24. The van der Waals surface area contributed by atoms with Gasteiger partial charge in [0.2, 0.25) is 5.91 Å². The second-order valence-electron chi connectivity index (χ2n) is 5.24. The monoisotopic (exact) mass is 225 g/mol. The molecule has 0 aromatic heterocycles. The lowest BCUT2D eigenvalue weighted by Gasteiger charge is -2.29. The van der Waals surface area contributed by atoms with Gasteiger partial charge in [-0.25, -0.2) is 0 Å². The summed E-state index contributed by atoms with van der Waals surface area (Å²) in [6, 6.07) is 0.535. The molecule has 2 saturated heterocycles. The van der Waals surface area contributed by atoms with Crippen LogP contribution in [0.1, 0.15) is 25.7 Å². The standard InChI is InChI=1S/C12H23N3O/c1-14(2)9-10-5-4-8-15(10)12(16)11-6-3-7-13-11/h10-11,13H,3-9H2,1-2H3/t10?,11-/m1/s1. The molecule has 1 N–H and O–H groups in total. The molecule has 2 heterocycles. The highest BCUT2D eigenvalue weighted by Crippen LogP contribution is 2.20. The molecular formula is C12H23N3O. The van der Waals surface area contributed by atoms with Crippen LogP contribution in [0, 0.1) is 0 Å². The summed E-state index contributed by atoms with van der Waals surface area (Å²) in [5.41, 5.74) is 0. The first kappa shape index (κ1) is 11.9. The van der Waals surface area contributed by atoms with E-state index in [1.54, 1.807) is 0 Å². The molecule has 0 bridgehead atoms. The lowest BCUT2D eigenvalue weighted by Crippen LogP contribution is -2.48. The number of nitrogens with zero attached hydrogens (tertiary/aromatic N) is 2. The minimum atomic E-state index is 0.0998. The van der Waals surface area contributed by atoms with E-state index in [9.17, 15) is 4.79 Å². The van der Waals surface area contributed by atoms with Crippen LogP contribution in [0.4, 0.5) is 0 Å². The van der Waals surface area contributed by atoms with E-state index in [0.717, 1.165) is 45.3 Å². The summed E-state index contributed by atoms with van der Waals surface area (Å²) >= 11 is 0. The molecule has 0 radical (unpaired) electrons. The quantitative estimate of drug-likeness (QED) is 0.750. The molecule has 2 aliphatic heterocycles. The molecule has 0 aromatic rings. The first-order valence-electron chi connectivity index (χ1n) is 6.37. The molecule has 0 spiro atoms. The minimum absolute atomic E-state index is 0.0998. The van der Waals surface area contributed by atoms with Crippen LogP contribution >= 0.6 is 0 Å². The molecule has 16 heavy (non-hydrogen) atoms. The van der Waals surface area contributed by atoms with Crippen molar-refractivity contribution in [2.45, 2.75) is 37.8 Å². The molecule has 2 rings (SSSR count). The van der Waals surface area contributed by atoms with Gasteiger partial charge >= 0.3 is 0 Å². The maximum Gasteiger partial charge on any atom is 0.239 e. The Bertz CT molecular complexity index is 249. The Morgan fingerprint density at radius 3 is 2.81 bits per heavy atom. The van der Waals surface area contributed by atoms with E-state index in [-0.39, 0.29) is 6.04 Å².